The van der Waals surface area contributed by atoms with Crippen LogP contribution < -0.4 is 16.6 Å². The molecule has 20 heavy (non-hydrogen) atoms. The van der Waals surface area contributed by atoms with Crippen LogP contribution in [0, 0.1) is 0 Å². The lowest BCUT2D eigenvalue weighted by molar-refractivity contribution is -0.130. The molecule has 1 rings (SSSR count). The molecule has 0 bridgehead atoms. The number of likely N-dealkylation sites (N-methyl/N-ethyl adjacent to an activating group) is 1. The third-order valence-corrected chi connectivity index (χ3v) is 2.98. The zero-order valence-electron chi connectivity index (χ0n) is 12.6. The highest BCUT2D eigenvalue weighted by atomic mass is 16.2. The summed E-state index contributed by atoms with van der Waals surface area (Å²) in [4.78, 5) is 22.3. The number of nitrogen functional groups attached to an aromatic ring is 1. The molecular formula is C13H24N6O. The number of hydrazine groups is 1. The van der Waals surface area contributed by atoms with Gasteiger partial charge in [-0.15, -0.1) is 0 Å². The van der Waals surface area contributed by atoms with Gasteiger partial charge in [0, 0.05) is 26.1 Å². The van der Waals surface area contributed by atoms with Crippen molar-refractivity contribution < 1.29 is 4.79 Å². The summed E-state index contributed by atoms with van der Waals surface area (Å²) in [7, 11) is 1.77. The molecule has 1 aromatic rings. The molecule has 7 heteroatoms. The van der Waals surface area contributed by atoms with E-state index in [-0.39, 0.29) is 11.9 Å². The summed E-state index contributed by atoms with van der Waals surface area (Å²) in [5, 5.41) is 3.09. The number of hydrogen-bond acceptors (Lipinski definition) is 6. The van der Waals surface area contributed by atoms with Crippen molar-refractivity contribution in [3.8, 4) is 0 Å². The molecule has 0 aromatic carbocycles. The Hall–Kier alpha value is -1.89. The molecule has 1 amide bonds. The van der Waals surface area contributed by atoms with Crippen molar-refractivity contribution in [1.29, 1.82) is 0 Å². The number of nitrogens with two attached hydrogens (primary N) is 1. The summed E-state index contributed by atoms with van der Waals surface area (Å²) >= 11 is 0. The molecule has 1 unspecified atom stereocenters. The Bertz CT molecular complexity index is 450. The second kappa shape index (κ2) is 7.64. The van der Waals surface area contributed by atoms with Crippen LogP contribution in [0.15, 0.2) is 6.07 Å². The standard InChI is InChI=1S/C13H24N6O/c1-5-7-10-16-11(8-12(17-10)18-14)15-9(3)13(20)19(4)6-2/h8-9H,5-7,14H2,1-4H3,(H2,15,16,17,18). The van der Waals surface area contributed by atoms with Crippen molar-refractivity contribution in [2.75, 3.05) is 24.3 Å². The Labute approximate surface area is 119 Å². The molecule has 0 radical (unpaired) electrons. The number of hydrogen-bond donors (Lipinski definition) is 3. The Kier molecular flexibility index (Phi) is 6.17. The molecule has 0 saturated heterocycles. The van der Waals surface area contributed by atoms with Crippen molar-refractivity contribution in [3.63, 3.8) is 0 Å². The van der Waals surface area contributed by atoms with Crippen molar-refractivity contribution in [2.45, 2.75) is 39.7 Å². The molecule has 0 spiro atoms. The second-order valence-corrected chi connectivity index (χ2v) is 4.67. The minimum atomic E-state index is -0.352. The van der Waals surface area contributed by atoms with Crippen LogP contribution in [0.4, 0.5) is 11.6 Å². The number of amides is 1. The molecule has 0 aliphatic heterocycles. The van der Waals surface area contributed by atoms with Crippen molar-refractivity contribution >= 4 is 17.5 Å². The van der Waals surface area contributed by atoms with Crippen molar-refractivity contribution in [2.24, 2.45) is 5.84 Å². The number of carbonyl (C=O) groups is 1. The third-order valence-electron chi connectivity index (χ3n) is 2.98. The van der Waals surface area contributed by atoms with Gasteiger partial charge in [-0.3, -0.25) is 4.79 Å². The fourth-order valence-corrected chi connectivity index (χ4v) is 1.75. The van der Waals surface area contributed by atoms with Crippen molar-refractivity contribution in [3.05, 3.63) is 11.9 Å². The first-order chi connectivity index (χ1) is 9.51. The summed E-state index contributed by atoms with van der Waals surface area (Å²) in [5.74, 6) is 7.26. The summed E-state index contributed by atoms with van der Waals surface area (Å²) in [6.07, 6.45) is 1.71. The van der Waals surface area contributed by atoms with Crippen molar-refractivity contribution in [1.82, 2.24) is 14.9 Å². The molecule has 0 saturated carbocycles. The van der Waals surface area contributed by atoms with Gasteiger partial charge in [-0.2, -0.15) is 0 Å². The lowest BCUT2D eigenvalue weighted by atomic mass is 10.3. The summed E-state index contributed by atoms with van der Waals surface area (Å²) < 4.78 is 0. The average molecular weight is 280 g/mol. The van der Waals surface area contributed by atoms with Crippen LogP contribution in [0.5, 0.6) is 0 Å². The normalized spacial score (nSPS) is 11.8. The molecule has 0 fully saturated rings. The number of aryl methyl sites for hydroxylation is 1. The lowest BCUT2D eigenvalue weighted by Crippen LogP contribution is -2.39. The van der Waals surface area contributed by atoms with Gasteiger partial charge >= 0.3 is 0 Å². The maximum Gasteiger partial charge on any atom is 0.244 e. The fraction of sp³-hybridized carbons (Fsp3) is 0.615. The molecule has 1 atom stereocenters. The minimum Gasteiger partial charge on any atom is -0.358 e. The van der Waals surface area contributed by atoms with E-state index in [4.69, 9.17) is 5.84 Å². The first-order valence-corrected chi connectivity index (χ1v) is 6.87. The number of rotatable bonds is 7. The van der Waals surface area contributed by atoms with E-state index in [1.165, 1.54) is 0 Å². The molecule has 7 nitrogen and oxygen atoms in total. The van der Waals surface area contributed by atoms with Crippen LogP contribution in [0.2, 0.25) is 0 Å². The zero-order chi connectivity index (χ0) is 15.1. The molecule has 112 valence electrons. The van der Waals surface area contributed by atoms with E-state index in [1.807, 2.05) is 13.8 Å². The lowest BCUT2D eigenvalue weighted by Gasteiger charge is -2.21. The molecule has 4 N–H and O–H groups in total. The van der Waals surface area contributed by atoms with Gasteiger partial charge in [-0.25, -0.2) is 15.8 Å². The topological polar surface area (TPSA) is 96.2 Å². The van der Waals surface area contributed by atoms with E-state index in [2.05, 4.69) is 27.6 Å². The van der Waals surface area contributed by atoms with Gasteiger partial charge in [0.15, 0.2) is 0 Å². The van der Waals surface area contributed by atoms with E-state index < -0.39 is 0 Å². The molecule has 0 aliphatic carbocycles. The Balaban J connectivity index is 2.85. The smallest absolute Gasteiger partial charge is 0.244 e. The van der Waals surface area contributed by atoms with Crippen LogP contribution in [0.1, 0.15) is 33.0 Å². The van der Waals surface area contributed by atoms with Gasteiger partial charge < -0.3 is 15.6 Å². The highest BCUT2D eigenvalue weighted by Crippen LogP contribution is 2.13. The summed E-state index contributed by atoms with van der Waals surface area (Å²) in [6, 6.07) is 1.34. The van der Waals surface area contributed by atoms with E-state index in [1.54, 1.807) is 18.0 Å². The summed E-state index contributed by atoms with van der Waals surface area (Å²) in [5.41, 5.74) is 2.52. The van der Waals surface area contributed by atoms with E-state index in [0.717, 1.165) is 12.8 Å². The first-order valence-electron chi connectivity index (χ1n) is 6.87. The number of nitrogens with one attached hydrogen (secondary N) is 2. The quantitative estimate of drug-likeness (QED) is 0.509. The number of anilines is 2. The monoisotopic (exact) mass is 280 g/mol. The van der Waals surface area contributed by atoms with Crippen LogP contribution in [0.3, 0.4) is 0 Å². The molecule has 1 aromatic heterocycles. The van der Waals surface area contributed by atoms with E-state index in [0.29, 0.717) is 24.0 Å². The number of nitrogens with zero attached hydrogens (tertiary/aromatic N) is 3. The maximum atomic E-state index is 12.0. The van der Waals surface area contributed by atoms with Crippen LogP contribution >= 0.6 is 0 Å². The number of aromatic nitrogens is 2. The average Bonchev–Trinajstić information content (AvgIpc) is 2.45. The number of carbonyl (C=O) groups excluding carboxylic acids is 1. The molecule has 1 heterocycles. The highest BCUT2D eigenvalue weighted by molar-refractivity contribution is 5.83. The fourth-order valence-electron chi connectivity index (χ4n) is 1.75. The van der Waals surface area contributed by atoms with Crippen LogP contribution in [0.25, 0.3) is 0 Å². The SMILES string of the molecule is CCCc1nc(NN)cc(NC(C)C(=O)N(C)CC)n1. The molecule has 0 aliphatic rings. The van der Waals surface area contributed by atoms with Gasteiger partial charge in [0.2, 0.25) is 5.91 Å². The largest absolute Gasteiger partial charge is 0.358 e. The maximum absolute atomic E-state index is 12.0. The Morgan fingerprint density at radius 1 is 1.40 bits per heavy atom. The minimum absolute atomic E-state index is 0.0189. The second-order valence-electron chi connectivity index (χ2n) is 4.67. The predicted octanol–water partition coefficient (Wildman–Crippen LogP) is 0.993. The summed E-state index contributed by atoms with van der Waals surface area (Å²) in [6.45, 7) is 6.48. The zero-order valence-corrected chi connectivity index (χ0v) is 12.6. The predicted molar refractivity (Wildman–Crippen MR) is 80.2 cm³/mol. The molecular weight excluding hydrogens is 256 g/mol. The Morgan fingerprint density at radius 3 is 2.60 bits per heavy atom. The van der Waals surface area contributed by atoms with Crippen LogP contribution in [-0.2, 0) is 11.2 Å². The van der Waals surface area contributed by atoms with E-state index >= 15 is 0 Å². The van der Waals surface area contributed by atoms with Gasteiger partial charge in [0.05, 0.1) is 0 Å². The first kappa shape index (κ1) is 16.2. The van der Waals surface area contributed by atoms with Gasteiger partial charge in [0.25, 0.3) is 0 Å². The third kappa shape index (κ3) is 4.34. The van der Waals surface area contributed by atoms with Gasteiger partial charge in [-0.1, -0.05) is 6.92 Å². The van der Waals surface area contributed by atoms with Crippen LogP contribution in [-0.4, -0.2) is 40.4 Å². The van der Waals surface area contributed by atoms with Gasteiger partial charge in [-0.05, 0) is 20.3 Å². The Morgan fingerprint density at radius 2 is 2.05 bits per heavy atom. The van der Waals surface area contributed by atoms with E-state index in [9.17, 15) is 4.79 Å². The van der Waals surface area contributed by atoms with Gasteiger partial charge in [0.1, 0.15) is 23.5 Å². The highest BCUT2D eigenvalue weighted by Gasteiger charge is 2.17.